The van der Waals surface area contributed by atoms with Gasteiger partial charge in [-0.25, -0.2) is 6.08 Å². The molecule has 0 nitrogen and oxygen atoms in total. The van der Waals surface area contributed by atoms with Crippen LogP contribution >= 0.6 is 0 Å². The predicted molar refractivity (Wildman–Crippen MR) is 161 cm³/mol. The van der Waals surface area contributed by atoms with Crippen LogP contribution in [0.4, 0.5) is 0 Å². The molecule has 0 radical (unpaired) electrons. The van der Waals surface area contributed by atoms with Crippen LogP contribution in [0.3, 0.4) is 0 Å². The van der Waals surface area contributed by atoms with Crippen molar-refractivity contribution in [1.29, 1.82) is 0 Å². The topological polar surface area (TPSA) is 0 Å². The van der Waals surface area contributed by atoms with Gasteiger partial charge in [0.05, 0.1) is 0 Å². The summed E-state index contributed by atoms with van der Waals surface area (Å²) in [5.74, 6) is 0.522. The van der Waals surface area contributed by atoms with E-state index in [0.29, 0.717) is 11.3 Å². The molecule has 2 aromatic carbocycles. The van der Waals surface area contributed by atoms with E-state index < -0.39 is 0 Å². The van der Waals surface area contributed by atoms with Gasteiger partial charge in [0.15, 0.2) is 0 Å². The van der Waals surface area contributed by atoms with Crippen molar-refractivity contribution >= 4 is 3.21 Å². The van der Waals surface area contributed by atoms with E-state index in [2.05, 4.69) is 139 Å². The molecular weight excluding hydrogens is 524 g/mol. The fourth-order valence-corrected chi connectivity index (χ4v) is 5.08. The second-order valence-corrected chi connectivity index (χ2v) is 16.6. The fourth-order valence-electron chi connectivity index (χ4n) is 5.08. The van der Waals surface area contributed by atoms with Gasteiger partial charge in [-0.05, 0) is 35.4 Å². The standard InChI is InChI=1S/C23H29.C10H15.C3H6.Zr/c1-14-9-16-11-17-10-15(2)21(23(6,7)8)13-19(17)18(16)12-20(14)22(3,4)5;1-8-5-6-9(7-8)10(2,3)4;1-3-2;/h9,12-13H,11H2,1-8H3;6-8H,1-4H3;1-2H3;/q2*-1;;+2. The molecule has 0 amide bonds. The van der Waals surface area contributed by atoms with Gasteiger partial charge in [-0.15, -0.1) is 16.7 Å². The Morgan fingerprint density at radius 1 is 0.811 bits per heavy atom. The molecule has 1 atom stereocenters. The summed E-state index contributed by atoms with van der Waals surface area (Å²) in [6.07, 6.45) is 8.68. The molecule has 37 heavy (non-hydrogen) atoms. The molecule has 4 rings (SSSR count). The molecule has 0 saturated carbocycles. The number of fused-ring (bicyclic) bond motifs is 3. The van der Waals surface area contributed by atoms with Crippen molar-refractivity contribution in [2.75, 3.05) is 0 Å². The summed E-state index contributed by atoms with van der Waals surface area (Å²) in [4.78, 5) is 0. The molecule has 198 valence electrons. The van der Waals surface area contributed by atoms with Crippen LogP contribution in [0.2, 0.25) is 0 Å². The zero-order chi connectivity index (χ0) is 28.5. The third kappa shape index (κ3) is 8.58. The van der Waals surface area contributed by atoms with Crippen LogP contribution in [0.5, 0.6) is 0 Å². The Morgan fingerprint density at radius 2 is 1.32 bits per heavy atom. The SMILES string of the molecule is CC1[C-]=CC(C(C)(C)C)=C1.C[C](C)=[Zr+2].Cc1[c-]c2c(cc1C(C)(C)C)-c1cc(C(C)(C)C)c(C)cc1C2. The van der Waals surface area contributed by atoms with E-state index in [4.69, 9.17) is 0 Å². The minimum atomic E-state index is 0.163. The second-order valence-electron chi connectivity index (χ2n) is 14.2. The molecule has 0 fully saturated rings. The van der Waals surface area contributed by atoms with Crippen LogP contribution in [-0.2, 0) is 41.5 Å². The minimum absolute atomic E-state index is 0.163. The Bertz CT molecular complexity index is 1130. The van der Waals surface area contributed by atoms with Crippen LogP contribution < -0.4 is 0 Å². The first-order valence-corrected chi connectivity index (χ1v) is 15.0. The third-order valence-electron chi connectivity index (χ3n) is 6.88. The molecule has 0 saturated heterocycles. The molecule has 0 aliphatic heterocycles. The van der Waals surface area contributed by atoms with Crippen molar-refractivity contribution in [3.05, 3.63) is 81.4 Å². The first-order chi connectivity index (χ1) is 16.7. The molecule has 2 aliphatic carbocycles. The van der Waals surface area contributed by atoms with Crippen LogP contribution in [-0.4, -0.2) is 3.21 Å². The smallest absolute Gasteiger partial charge is 0.0129 e. The van der Waals surface area contributed by atoms with Crippen LogP contribution in [0.15, 0.2) is 35.9 Å². The molecule has 1 unspecified atom stereocenters. The predicted octanol–water partition coefficient (Wildman–Crippen LogP) is 9.98. The quantitative estimate of drug-likeness (QED) is 0.235. The van der Waals surface area contributed by atoms with E-state index >= 15 is 0 Å². The van der Waals surface area contributed by atoms with Crippen LogP contribution in [0, 0.1) is 37.3 Å². The summed E-state index contributed by atoms with van der Waals surface area (Å²) in [5.41, 5.74) is 13.3. The maximum Gasteiger partial charge on any atom is -0.0129 e. The zero-order valence-corrected chi connectivity index (χ0v) is 28.6. The number of allylic oxidation sites excluding steroid dienone is 4. The fraction of sp³-hybridized carbons (Fsp3) is 0.528. The molecule has 2 aromatic rings. The first kappa shape index (κ1) is 31.9. The molecule has 0 N–H and O–H groups in total. The second kappa shape index (κ2) is 11.8. The van der Waals surface area contributed by atoms with E-state index in [1.54, 1.807) is 24.2 Å². The summed E-state index contributed by atoms with van der Waals surface area (Å²) in [7, 11) is 0. The number of hydrogen-bond donors (Lipinski definition) is 0. The van der Waals surface area contributed by atoms with Gasteiger partial charge in [-0.2, -0.15) is 29.3 Å². The number of rotatable bonds is 0. The van der Waals surface area contributed by atoms with E-state index in [-0.39, 0.29) is 10.8 Å². The van der Waals surface area contributed by atoms with Gasteiger partial charge in [0.2, 0.25) is 0 Å². The van der Waals surface area contributed by atoms with E-state index in [9.17, 15) is 0 Å². The third-order valence-corrected chi connectivity index (χ3v) is 6.88. The summed E-state index contributed by atoms with van der Waals surface area (Å²) in [6.45, 7) is 31.3. The molecule has 0 aromatic heterocycles. The average molecular weight is 574 g/mol. The first-order valence-electron chi connectivity index (χ1n) is 13.8. The van der Waals surface area contributed by atoms with Gasteiger partial charge < -0.3 is 0 Å². The normalized spacial score (nSPS) is 16.2. The summed E-state index contributed by atoms with van der Waals surface area (Å²) >= 11 is 1.55. The van der Waals surface area contributed by atoms with Crippen molar-refractivity contribution in [2.45, 2.75) is 114 Å². The number of benzene rings is 2. The monoisotopic (exact) mass is 572 g/mol. The largest absolute Gasteiger partial charge is 0.176 e. The van der Waals surface area contributed by atoms with E-state index in [1.165, 1.54) is 53.3 Å². The number of hydrogen-bond acceptors (Lipinski definition) is 0. The van der Waals surface area contributed by atoms with Gasteiger partial charge in [0, 0.05) is 0 Å². The molecule has 1 heteroatoms. The molecule has 0 heterocycles. The van der Waals surface area contributed by atoms with Crippen molar-refractivity contribution in [3.8, 4) is 11.1 Å². The summed E-state index contributed by atoms with van der Waals surface area (Å²) < 4.78 is 1.51. The van der Waals surface area contributed by atoms with Gasteiger partial charge in [0.25, 0.3) is 0 Å². The minimum Gasteiger partial charge on any atom is -0.176 e. The van der Waals surface area contributed by atoms with Crippen molar-refractivity contribution in [1.82, 2.24) is 0 Å². The Balaban J connectivity index is 0.000000285. The van der Waals surface area contributed by atoms with Crippen molar-refractivity contribution in [3.63, 3.8) is 0 Å². The average Bonchev–Trinajstić information content (AvgIpc) is 3.27. The Kier molecular flexibility index (Phi) is 10.2. The molecular formula is C36H50Zr. The molecule has 0 spiro atoms. The Labute approximate surface area is 244 Å². The van der Waals surface area contributed by atoms with E-state index in [0.717, 1.165) is 6.42 Å². The molecule has 2 aliphatic rings. The summed E-state index contributed by atoms with van der Waals surface area (Å²) in [5, 5.41) is 0. The Morgan fingerprint density at radius 3 is 1.73 bits per heavy atom. The van der Waals surface area contributed by atoms with Crippen LogP contribution in [0.1, 0.15) is 116 Å². The zero-order valence-electron chi connectivity index (χ0n) is 26.2. The van der Waals surface area contributed by atoms with Gasteiger partial charge in [-0.3, -0.25) is 6.08 Å². The maximum atomic E-state index is 3.69. The van der Waals surface area contributed by atoms with E-state index in [1.807, 2.05) is 0 Å². The Hall–Kier alpha value is -1.33. The van der Waals surface area contributed by atoms with Crippen molar-refractivity contribution < 1.29 is 24.2 Å². The maximum absolute atomic E-state index is 3.69. The van der Waals surface area contributed by atoms with Crippen molar-refractivity contribution in [2.24, 2.45) is 11.3 Å². The number of aryl methyl sites for hydroxylation is 2. The van der Waals surface area contributed by atoms with Gasteiger partial charge in [-0.1, -0.05) is 111 Å². The molecule has 0 bridgehead atoms. The van der Waals surface area contributed by atoms with Gasteiger partial charge >= 0.3 is 41.3 Å². The summed E-state index contributed by atoms with van der Waals surface area (Å²) in [6, 6.07) is 10.9. The van der Waals surface area contributed by atoms with Crippen LogP contribution in [0.25, 0.3) is 11.1 Å². The van der Waals surface area contributed by atoms with Gasteiger partial charge in [0.1, 0.15) is 0 Å².